The van der Waals surface area contributed by atoms with Crippen LogP contribution in [0.2, 0.25) is 0 Å². The number of nitrogens with one attached hydrogen (secondary N) is 1. The minimum atomic E-state index is -0.0811. The molecule has 0 aromatic carbocycles. The highest BCUT2D eigenvalue weighted by Gasteiger charge is 2.00. The number of nitrogens with zero attached hydrogens (tertiary/aromatic N) is 1. The van der Waals surface area contributed by atoms with Gasteiger partial charge in [-0.25, -0.2) is 5.84 Å². The summed E-state index contributed by atoms with van der Waals surface area (Å²) in [6.07, 6.45) is 6.76. The van der Waals surface area contributed by atoms with Crippen LogP contribution in [0.3, 0.4) is 0 Å². The van der Waals surface area contributed by atoms with E-state index in [4.69, 9.17) is 10.9 Å². The minimum Gasteiger partial charge on any atom is -0.396 e. The van der Waals surface area contributed by atoms with Crippen molar-refractivity contribution in [1.29, 1.82) is 0 Å². The maximum atomic E-state index is 10.8. The Morgan fingerprint density at radius 2 is 1.71 bits per heavy atom. The van der Waals surface area contributed by atoms with Gasteiger partial charge < -0.3 is 10.0 Å². The Kier molecular flexibility index (Phi) is 11.4. The van der Waals surface area contributed by atoms with Gasteiger partial charge in [0.25, 0.3) is 0 Å². The summed E-state index contributed by atoms with van der Waals surface area (Å²) in [5.74, 6) is 4.91. The van der Waals surface area contributed by atoms with Crippen LogP contribution in [-0.4, -0.2) is 42.7 Å². The molecule has 102 valence electrons. The van der Waals surface area contributed by atoms with Crippen LogP contribution in [0.4, 0.5) is 0 Å². The maximum absolute atomic E-state index is 10.8. The summed E-state index contributed by atoms with van der Waals surface area (Å²) in [7, 11) is 2.12. The lowest BCUT2D eigenvalue weighted by Crippen LogP contribution is -2.29. The fourth-order valence-corrected chi connectivity index (χ4v) is 1.70. The first-order valence-corrected chi connectivity index (χ1v) is 6.49. The van der Waals surface area contributed by atoms with Crippen LogP contribution in [0.5, 0.6) is 0 Å². The quantitative estimate of drug-likeness (QED) is 0.216. The van der Waals surface area contributed by atoms with Crippen molar-refractivity contribution in [2.75, 3.05) is 26.7 Å². The number of rotatable bonds is 11. The number of carbonyl (C=O) groups is 1. The predicted octanol–water partition coefficient (Wildman–Crippen LogP) is 0.631. The van der Waals surface area contributed by atoms with Crippen LogP contribution in [0.1, 0.15) is 44.9 Å². The first-order chi connectivity index (χ1) is 8.20. The standard InChI is InChI=1S/C12H27N3O2/c1-15(10-6-3-7-11-16)9-5-2-4-8-12(17)14-13/h16H,2-11,13H2,1H3,(H,14,17). The lowest BCUT2D eigenvalue weighted by molar-refractivity contribution is -0.121. The van der Waals surface area contributed by atoms with E-state index in [1.54, 1.807) is 0 Å². The van der Waals surface area contributed by atoms with Gasteiger partial charge in [-0.05, 0) is 52.2 Å². The van der Waals surface area contributed by atoms with Crippen molar-refractivity contribution in [2.24, 2.45) is 5.84 Å². The molecule has 4 N–H and O–H groups in total. The molecule has 0 aromatic heterocycles. The number of hydrogen-bond donors (Lipinski definition) is 3. The van der Waals surface area contributed by atoms with Gasteiger partial charge >= 0.3 is 0 Å². The summed E-state index contributed by atoms with van der Waals surface area (Å²) in [5.41, 5.74) is 2.13. The molecule has 0 aliphatic rings. The number of unbranched alkanes of at least 4 members (excludes halogenated alkanes) is 4. The number of nitrogens with two attached hydrogens (primary N) is 1. The van der Waals surface area contributed by atoms with Gasteiger partial charge in [0.1, 0.15) is 0 Å². The molecule has 0 saturated carbocycles. The highest BCUT2D eigenvalue weighted by Crippen LogP contribution is 2.02. The average Bonchev–Trinajstić information content (AvgIpc) is 2.34. The second kappa shape index (κ2) is 11.8. The zero-order chi connectivity index (χ0) is 12.9. The second-order valence-electron chi connectivity index (χ2n) is 4.47. The molecule has 0 unspecified atom stereocenters. The molecule has 0 aliphatic carbocycles. The molecule has 0 atom stereocenters. The van der Waals surface area contributed by atoms with Crippen molar-refractivity contribution < 1.29 is 9.90 Å². The van der Waals surface area contributed by atoms with Gasteiger partial charge in [0.2, 0.25) is 5.91 Å². The van der Waals surface area contributed by atoms with Crippen LogP contribution in [0, 0.1) is 0 Å². The van der Waals surface area contributed by atoms with Gasteiger partial charge in [0, 0.05) is 13.0 Å². The SMILES string of the molecule is CN(CCCCCO)CCCCCC(=O)NN. The Balaban J connectivity index is 3.21. The number of carbonyl (C=O) groups excluding carboxylic acids is 1. The van der Waals surface area contributed by atoms with Crippen molar-refractivity contribution in [2.45, 2.75) is 44.9 Å². The summed E-state index contributed by atoms with van der Waals surface area (Å²) in [6.45, 7) is 2.46. The molecule has 0 aromatic rings. The normalized spacial score (nSPS) is 10.8. The number of aliphatic hydroxyl groups is 1. The molecule has 0 bridgehead atoms. The second-order valence-corrected chi connectivity index (χ2v) is 4.47. The van der Waals surface area contributed by atoms with Crippen LogP contribution in [0.15, 0.2) is 0 Å². The molecule has 5 heteroatoms. The number of aliphatic hydroxyl groups excluding tert-OH is 1. The Morgan fingerprint density at radius 1 is 1.12 bits per heavy atom. The van der Waals surface area contributed by atoms with Gasteiger partial charge in [-0.1, -0.05) is 6.42 Å². The molecule has 17 heavy (non-hydrogen) atoms. The largest absolute Gasteiger partial charge is 0.396 e. The van der Waals surface area contributed by atoms with Crippen LogP contribution in [0.25, 0.3) is 0 Å². The molecule has 0 aliphatic heterocycles. The van der Waals surface area contributed by atoms with Gasteiger partial charge in [-0.3, -0.25) is 10.2 Å². The van der Waals surface area contributed by atoms with E-state index in [1.165, 1.54) is 0 Å². The van der Waals surface area contributed by atoms with E-state index in [2.05, 4.69) is 17.4 Å². The van der Waals surface area contributed by atoms with Gasteiger partial charge in [-0.2, -0.15) is 0 Å². The molecule has 5 nitrogen and oxygen atoms in total. The van der Waals surface area contributed by atoms with Crippen molar-refractivity contribution in [1.82, 2.24) is 10.3 Å². The number of amides is 1. The first-order valence-electron chi connectivity index (χ1n) is 6.49. The highest BCUT2D eigenvalue weighted by atomic mass is 16.2. The topological polar surface area (TPSA) is 78.6 Å². The third kappa shape index (κ3) is 11.6. The lowest BCUT2D eigenvalue weighted by atomic mass is 10.2. The Morgan fingerprint density at radius 3 is 2.24 bits per heavy atom. The maximum Gasteiger partial charge on any atom is 0.233 e. The van der Waals surface area contributed by atoms with Crippen LogP contribution < -0.4 is 11.3 Å². The number of hydrazine groups is 1. The Bertz CT molecular complexity index is 189. The van der Waals surface area contributed by atoms with Crippen molar-refractivity contribution in [3.8, 4) is 0 Å². The fraction of sp³-hybridized carbons (Fsp3) is 0.917. The van der Waals surface area contributed by atoms with Crippen LogP contribution >= 0.6 is 0 Å². The summed E-state index contributed by atoms with van der Waals surface area (Å²) in [4.78, 5) is 13.2. The van der Waals surface area contributed by atoms with Gasteiger partial charge in [0.15, 0.2) is 0 Å². The lowest BCUT2D eigenvalue weighted by Gasteiger charge is -2.15. The molecule has 0 spiro atoms. The van der Waals surface area contributed by atoms with Crippen molar-refractivity contribution in [3.63, 3.8) is 0 Å². The molecule has 1 amide bonds. The monoisotopic (exact) mass is 245 g/mol. The minimum absolute atomic E-state index is 0.0811. The van der Waals surface area contributed by atoms with E-state index in [1.807, 2.05) is 0 Å². The molecule has 0 heterocycles. The summed E-state index contributed by atoms with van der Waals surface area (Å²) < 4.78 is 0. The van der Waals surface area contributed by atoms with Crippen molar-refractivity contribution in [3.05, 3.63) is 0 Å². The van der Waals surface area contributed by atoms with E-state index >= 15 is 0 Å². The molecule has 0 radical (unpaired) electrons. The van der Waals surface area contributed by atoms with E-state index in [-0.39, 0.29) is 5.91 Å². The smallest absolute Gasteiger partial charge is 0.233 e. The van der Waals surface area contributed by atoms with Gasteiger partial charge in [-0.15, -0.1) is 0 Å². The third-order valence-corrected chi connectivity index (χ3v) is 2.80. The molecule has 0 saturated heterocycles. The zero-order valence-electron chi connectivity index (χ0n) is 11.0. The van der Waals surface area contributed by atoms with E-state index < -0.39 is 0 Å². The average molecular weight is 245 g/mol. The van der Waals surface area contributed by atoms with Crippen molar-refractivity contribution >= 4 is 5.91 Å². The van der Waals surface area contributed by atoms with E-state index in [9.17, 15) is 4.79 Å². The predicted molar refractivity (Wildman–Crippen MR) is 69.2 cm³/mol. The molecular formula is C12H27N3O2. The van der Waals surface area contributed by atoms with E-state index in [0.717, 1.165) is 51.6 Å². The highest BCUT2D eigenvalue weighted by molar-refractivity contribution is 5.74. The van der Waals surface area contributed by atoms with Gasteiger partial charge in [0.05, 0.1) is 0 Å². The zero-order valence-corrected chi connectivity index (χ0v) is 11.0. The number of hydrogen-bond acceptors (Lipinski definition) is 4. The summed E-state index contributed by atoms with van der Waals surface area (Å²) in [6, 6.07) is 0. The summed E-state index contributed by atoms with van der Waals surface area (Å²) in [5, 5.41) is 8.64. The third-order valence-electron chi connectivity index (χ3n) is 2.80. The van der Waals surface area contributed by atoms with Crippen LogP contribution in [-0.2, 0) is 4.79 Å². The fourth-order valence-electron chi connectivity index (χ4n) is 1.70. The Hall–Kier alpha value is -0.650. The molecule has 0 fully saturated rings. The Labute approximate surface area is 104 Å². The summed E-state index contributed by atoms with van der Waals surface area (Å²) >= 11 is 0. The molecular weight excluding hydrogens is 218 g/mol. The molecule has 0 rings (SSSR count). The first kappa shape index (κ1) is 16.4. The van der Waals surface area contributed by atoms with E-state index in [0.29, 0.717) is 13.0 Å².